The van der Waals surface area contributed by atoms with E-state index in [0.717, 1.165) is 0 Å². The normalized spacial score (nSPS) is 18.0. The van der Waals surface area contributed by atoms with Crippen LogP contribution in [0.5, 0.6) is 0 Å². The molecule has 0 aromatic heterocycles. The summed E-state index contributed by atoms with van der Waals surface area (Å²) in [6, 6.07) is 0. The van der Waals surface area contributed by atoms with Crippen molar-refractivity contribution in [3.63, 3.8) is 0 Å². The van der Waals surface area contributed by atoms with Crippen molar-refractivity contribution in [3.05, 3.63) is 0 Å². The van der Waals surface area contributed by atoms with Gasteiger partial charge in [-0.2, -0.15) is 0 Å². The first kappa shape index (κ1) is 20.4. The van der Waals surface area contributed by atoms with Crippen LogP contribution in [0.3, 0.4) is 0 Å². The van der Waals surface area contributed by atoms with Crippen molar-refractivity contribution in [2.24, 2.45) is 0 Å². The maximum Gasteiger partial charge on any atom is 0.192 e. The Labute approximate surface area is 129 Å². The van der Waals surface area contributed by atoms with E-state index in [0.29, 0.717) is 0 Å². The van der Waals surface area contributed by atoms with Crippen molar-refractivity contribution in [2.45, 2.75) is 104 Å². The van der Waals surface area contributed by atoms with E-state index in [2.05, 4.69) is 81.6 Å². The fraction of sp³-hybridized carbons (Fsp3) is 1.00. The lowest BCUT2D eigenvalue weighted by Crippen LogP contribution is -2.50. The van der Waals surface area contributed by atoms with E-state index >= 15 is 0 Å². The highest BCUT2D eigenvalue weighted by Crippen LogP contribution is 2.40. The predicted molar refractivity (Wildman–Crippen MR) is 95.5 cm³/mol. The molecule has 0 aliphatic heterocycles. The van der Waals surface area contributed by atoms with E-state index < -0.39 is 16.6 Å². The summed E-state index contributed by atoms with van der Waals surface area (Å²) in [5, 5.41) is 0.496. The van der Waals surface area contributed by atoms with Gasteiger partial charge >= 0.3 is 0 Å². The van der Waals surface area contributed by atoms with Gasteiger partial charge in [0.2, 0.25) is 0 Å². The van der Waals surface area contributed by atoms with Crippen molar-refractivity contribution >= 4 is 16.6 Å². The molecule has 0 heterocycles. The molecule has 0 rings (SSSR count). The monoisotopic (exact) mass is 318 g/mol. The molecule has 0 fully saturated rings. The van der Waals surface area contributed by atoms with Crippen molar-refractivity contribution < 1.29 is 8.85 Å². The van der Waals surface area contributed by atoms with Crippen molar-refractivity contribution in [1.82, 2.24) is 0 Å². The zero-order valence-corrected chi connectivity index (χ0v) is 18.0. The minimum atomic E-state index is -1.72. The summed E-state index contributed by atoms with van der Waals surface area (Å²) in [5.41, 5.74) is 0. The van der Waals surface area contributed by atoms with Crippen LogP contribution in [0.25, 0.3) is 0 Å². The molecule has 0 N–H and O–H groups in total. The first-order valence-corrected chi connectivity index (χ1v) is 13.7. The number of hydrogen-bond donors (Lipinski definition) is 0. The van der Waals surface area contributed by atoms with Crippen molar-refractivity contribution in [1.29, 1.82) is 0 Å². The third-order valence-electron chi connectivity index (χ3n) is 5.23. The molecule has 0 amide bonds. The highest BCUT2D eigenvalue weighted by molar-refractivity contribution is 6.74. The van der Waals surface area contributed by atoms with Crippen LogP contribution in [0.1, 0.15) is 55.4 Å². The van der Waals surface area contributed by atoms with Crippen LogP contribution in [0, 0.1) is 0 Å². The lowest BCUT2D eigenvalue weighted by atomic mass is 10.2. The first-order valence-electron chi connectivity index (χ1n) is 7.87. The lowest BCUT2D eigenvalue weighted by molar-refractivity contribution is 0.0585. The van der Waals surface area contributed by atoms with Crippen LogP contribution >= 0.6 is 0 Å². The Balaban J connectivity index is 4.78. The van der Waals surface area contributed by atoms with Crippen LogP contribution in [-0.4, -0.2) is 28.8 Å². The van der Waals surface area contributed by atoms with E-state index in [1.165, 1.54) is 0 Å². The zero-order valence-electron chi connectivity index (χ0n) is 16.0. The van der Waals surface area contributed by atoms with Gasteiger partial charge in [-0.25, -0.2) is 0 Å². The van der Waals surface area contributed by atoms with E-state index in [-0.39, 0.29) is 22.3 Å². The van der Waals surface area contributed by atoms with Crippen molar-refractivity contribution in [3.8, 4) is 0 Å². The third-order valence-corrected chi connectivity index (χ3v) is 14.4. The minimum absolute atomic E-state index is 0.157. The molecule has 0 aliphatic carbocycles. The molecule has 0 saturated heterocycles. The summed E-state index contributed by atoms with van der Waals surface area (Å²) in [6.07, 6.45) is 0.315. The summed E-state index contributed by atoms with van der Waals surface area (Å²) in [7, 11) is -3.43. The average Bonchev–Trinajstić information content (AvgIpc) is 2.12. The molecule has 2 atom stereocenters. The Kier molecular flexibility index (Phi) is 6.34. The van der Waals surface area contributed by atoms with Gasteiger partial charge in [0.1, 0.15) is 0 Å². The Morgan fingerprint density at radius 1 is 0.600 bits per heavy atom. The van der Waals surface area contributed by atoms with Crippen LogP contribution in [0.15, 0.2) is 0 Å². The average molecular weight is 319 g/mol. The van der Waals surface area contributed by atoms with Gasteiger partial charge in [-0.1, -0.05) is 41.5 Å². The maximum absolute atomic E-state index is 6.46. The molecule has 0 spiro atoms. The summed E-state index contributed by atoms with van der Waals surface area (Å²) >= 11 is 0. The van der Waals surface area contributed by atoms with Gasteiger partial charge in [0.05, 0.1) is 12.2 Å². The molecule has 0 aromatic carbocycles. The highest BCUT2D eigenvalue weighted by Gasteiger charge is 2.42. The largest absolute Gasteiger partial charge is 0.412 e. The molecular formula is C16H38O2Si2. The zero-order chi connectivity index (χ0) is 16.6. The molecule has 0 bridgehead atoms. The third kappa shape index (κ3) is 5.28. The number of rotatable bonds is 5. The van der Waals surface area contributed by atoms with Crippen LogP contribution < -0.4 is 0 Å². The van der Waals surface area contributed by atoms with E-state index in [1.807, 2.05) is 0 Å². The van der Waals surface area contributed by atoms with Gasteiger partial charge in [0, 0.05) is 0 Å². The van der Waals surface area contributed by atoms with Gasteiger partial charge in [-0.3, -0.25) is 0 Å². The molecular weight excluding hydrogens is 280 g/mol. The Bertz CT molecular complexity index is 279. The maximum atomic E-state index is 6.46. The molecule has 122 valence electrons. The summed E-state index contributed by atoms with van der Waals surface area (Å²) in [6.45, 7) is 27.3. The summed E-state index contributed by atoms with van der Waals surface area (Å²) < 4.78 is 12.9. The van der Waals surface area contributed by atoms with E-state index in [4.69, 9.17) is 8.85 Å². The van der Waals surface area contributed by atoms with Gasteiger partial charge in [-0.15, -0.1) is 0 Å². The molecule has 0 radical (unpaired) electrons. The molecule has 4 heteroatoms. The molecule has 20 heavy (non-hydrogen) atoms. The quantitative estimate of drug-likeness (QED) is 0.596. The number of hydrogen-bond acceptors (Lipinski definition) is 2. The van der Waals surface area contributed by atoms with Gasteiger partial charge in [-0.05, 0) is 50.1 Å². The lowest BCUT2D eigenvalue weighted by Gasteiger charge is -2.43. The van der Waals surface area contributed by atoms with Crippen LogP contribution in [-0.2, 0) is 8.85 Å². The molecule has 0 unspecified atom stereocenters. The fourth-order valence-corrected chi connectivity index (χ4v) is 4.42. The minimum Gasteiger partial charge on any atom is -0.412 e. The second-order valence-corrected chi connectivity index (χ2v) is 18.7. The summed E-state index contributed by atoms with van der Waals surface area (Å²) in [5.74, 6) is 0. The highest BCUT2D eigenvalue weighted by atomic mass is 28.4. The molecule has 0 aromatic rings. The molecule has 2 nitrogen and oxygen atoms in total. The SMILES string of the molecule is C[C@H](O[Si](C)(C)C(C)(C)C)[C@@H](C)O[Si](C)(C)C(C)(C)C. The van der Waals surface area contributed by atoms with Crippen molar-refractivity contribution in [2.75, 3.05) is 0 Å². The molecule has 0 saturated carbocycles. The van der Waals surface area contributed by atoms with Crippen LogP contribution in [0.4, 0.5) is 0 Å². The topological polar surface area (TPSA) is 18.5 Å². The van der Waals surface area contributed by atoms with E-state index in [9.17, 15) is 0 Å². The van der Waals surface area contributed by atoms with Gasteiger partial charge in [0.15, 0.2) is 16.6 Å². The second-order valence-electron chi connectivity index (χ2n) is 9.17. The Morgan fingerprint density at radius 3 is 0.950 bits per heavy atom. The Morgan fingerprint density at radius 2 is 0.800 bits per heavy atom. The molecule has 0 aliphatic rings. The standard InChI is InChI=1S/C16H38O2Si2/c1-13(17-19(9,10)15(3,4)5)14(2)18-20(11,12)16(6,7)8/h13-14H,1-12H3/t13-,14+. The van der Waals surface area contributed by atoms with E-state index in [1.54, 1.807) is 0 Å². The predicted octanol–water partition coefficient (Wildman–Crippen LogP) is 5.81. The fourth-order valence-electron chi connectivity index (χ4n) is 1.47. The van der Waals surface area contributed by atoms with Gasteiger partial charge in [0.25, 0.3) is 0 Å². The summed E-state index contributed by atoms with van der Waals surface area (Å²) in [4.78, 5) is 0. The smallest absolute Gasteiger partial charge is 0.192 e. The van der Waals surface area contributed by atoms with Crippen LogP contribution in [0.2, 0.25) is 36.3 Å². The second kappa shape index (κ2) is 6.23. The Hall–Kier alpha value is 0.354. The van der Waals surface area contributed by atoms with Gasteiger partial charge < -0.3 is 8.85 Å². The first-order chi connectivity index (χ1) is 8.51.